The van der Waals surface area contributed by atoms with Gasteiger partial charge in [0.1, 0.15) is 12.1 Å². The normalized spacial score (nSPS) is 40.5. The summed E-state index contributed by atoms with van der Waals surface area (Å²) in [5, 5.41) is 2.58. The molecule has 4 bridgehead atoms. The van der Waals surface area contributed by atoms with Gasteiger partial charge in [-0.1, -0.05) is 19.4 Å². The lowest BCUT2D eigenvalue weighted by molar-refractivity contribution is -0.227. The summed E-state index contributed by atoms with van der Waals surface area (Å²) in [5.41, 5.74) is -0.236. The topological polar surface area (TPSA) is 55.4 Å². The molecule has 5 rings (SSSR count). The van der Waals surface area contributed by atoms with Crippen LogP contribution in [0.4, 0.5) is 0 Å². The molecular weight excluding hydrogens is 302 g/mol. The van der Waals surface area contributed by atoms with Crippen molar-refractivity contribution in [2.75, 3.05) is 6.54 Å². The molecule has 24 heavy (non-hydrogen) atoms. The van der Waals surface area contributed by atoms with Crippen LogP contribution in [0.25, 0.3) is 0 Å². The molecule has 1 amide bonds. The summed E-state index contributed by atoms with van der Waals surface area (Å²) < 4.78 is 6.31. The third-order valence-electron chi connectivity index (χ3n) is 7.29. The Balaban J connectivity index is 1.54. The Morgan fingerprint density at radius 2 is 1.58 bits per heavy atom. The van der Waals surface area contributed by atoms with Gasteiger partial charge in [0.05, 0.1) is 0 Å². The minimum absolute atomic E-state index is 0.0361. The predicted molar refractivity (Wildman–Crippen MR) is 91.0 cm³/mol. The summed E-state index contributed by atoms with van der Waals surface area (Å²) in [6.45, 7) is 3.39. The smallest absolute Gasteiger partial charge is 0.325 e. The number of hydrogen-bond acceptors (Lipinski definition) is 3. The molecule has 0 aliphatic heterocycles. The second kappa shape index (κ2) is 6.20. The van der Waals surface area contributed by atoms with Gasteiger partial charge in [-0.3, -0.25) is 9.59 Å². The van der Waals surface area contributed by atoms with Crippen LogP contribution in [0, 0.1) is 29.6 Å². The fourth-order valence-corrected chi connectivity index (χ4v) is 6.68. The minimum Gasteiger partial charge on any atom is -0.457 e. The van der Waals surface area contributed by atoms with E-state index in [0.29, 0.717) is 17.8 Å². The van der Waals surface area contributed by atoms with E-state index in [1.54, 1.807) is 0 Å². The zero-order valence-corrected chi connectivity index (χ0v) is 14.5. The molecule has 0 aromatic rings. The van der Waals surface area contributed by atoms with E-state index in [1.807, 2.05) is 0 Å². The number of hydrogen-bond donors (Lipinski definition) is 1. The van der Waals surface area contributed by atoms with E-state index in [2.05, 4.69) is 11.9 Å². The average Bonchev–Trinajstić information content (AvgIpc) is 3.10. The highest BCUT2D eigenvalue weighted by Gasteiger charge is 2.62. The van der Waals surface area contributed by atoms with E-state index in [9.17, 15) is 9.59 Å². The Morgan fingerprint density at radius 3 is 2.12 bits per heavy atom. The Morgan fingerprint density at radius 1 is 1.00 bits per heavy atom. The maximum Gasteiger partial charge on any atom is 0.325 e. The second-order valence-electron chi connectivity index (χ2n) is 8.54. The van der Waals surface area contributed by atoms with Crippen molar-refractivity contribution >= 4 is 11.9 Å². The number of nitrogens with one attached hydrogen (secondary N) is 1. The van der Waals surface area contributed by atoms with Crippen LogP contribution in [0.3, 0.4) is 0 Å². The zero-order valence-electron chi connectivity index (χ0n) is 14.5. The Hall–Kier alpha value is -1.32. The third kappa shape index (κ3) is 2.58. The van der Waals surface area contributed by atoms with Crippen LogP contribution in [0.2, 0.25) is 0 Å². The highest BCUT2D eigenvalue weighted by Crippen LogP contribution is 2.63. The van der Waals surface area contributed by atoms with Gasteiger partial charge in [-0.15, -0.1) is 0 Å². The molecular formula is C20H29NO3. The fourth-order valence-electron chi connectivity index (χ4n) is 6.68. The van der Waals surface area contributed by atoms with Crippen molar-refractivity contribution in [1.29, 1.82) is 0 Å². The van der Waals surface area contributed by atoms with Crippen molar-refractivity contribution in [3.63, 3.8) is 0 Å². The van der Waals surface area contributed by atoms with Crippen molar-refractivity contribution in [2.45, 2.75) is 63.4 Å². The van der Waals surface area contributed by atoms with Crippen molar-refractivity contribution in [2.24, 2.45) is 29.6 Å². The molecule has 5 saturated carbocycles. The van der Waals surface area contributed by atoms with Crippen LogP contribution in [0.1, 0.15) is 57.8 Å². The summed E-state index contributed by atoms with van der Waals surface area (Å²) >= 11 is 0. The van der Waals surface area contributed by atoms with Crippen LogP contribution in [0.5, 0.6) is 0 Å². The molecule has 0 heterocycles. The first-order valence-corrected chi connectivity index (χ1v) is 9.74. The molecule has 0 atom stereocenters. The van der Waals surface area contributed by atoms with Crippen LogP contribution < -0.4 is 5.32 Å². The van der Waals surface area contributed by atoms with Crippen LogP contribution in [0.15, 0.2) is 12.7 Å². The molecule has 4 heteroatoms. The van der Waals surface area contributed by atoms with E-state index in [0.717, 1.165) is 11.8 Å². The quantitative estimate of drug-likeness (QED) is 0.622. The van der Waals surface area contributed by atoms with E-state index < -0.39 is 0 Å². The monoisotopic (exact) mass is 331 g/mol. The lowest BCUT2D eigenvalue weighted by atomic mass is 9.47. The molecule has 5 fully saturated rings. The van der Waals surface area contributed by atoms with E-state index in [4.69, 9.17) is 4.74 Å². The van der Waals surface area contributed by atoms with Crippen molar-refractivity contribution in [1.82, 2.24) is 5.32 Å². The number of rotatable bonds is 5. The van der Waals surface area contributed by atoms with E-state index >= 15 is 0 Å². The second-order valence-corrected chi connectivity index (χ2v) is 8.54. The minimum atomic E-state index is -0.313. The van der Waals surface area contributed by atoms with Gasteiger partial charge >= 0.3 is 5.97 Å². The first-order chi connectivity index (χ1) is 11.6. The maximum absolute atomic E-state index is 12.5. The summed E-state index contributed by atoms with van der Waals surface area (Å²) in [5.74, 6) is 2.79. The highest BCUT2D eigenvalue weighted by molar-refractivity contribution is 5.89. The molecule has 0 aromatic heterocycles. The number of carbonyl (C=O) groups is 2. The first kappa shape index (κ1) is 16.2. The number of amides is 1. The molecule has 5 aliphatic rings. The van der Waals surface area contributed by atoms with Gasteiger partial charge in [0.25, 0.3) is 0 Å². The number of carbonyl (C=O) groups excluding carboxylic acids is 2. The van der Waals surface area contributed by atoms with E-state index in [-0.39, 0.29) is 24.0 Å². The lowest BCUT2D eigenvalue weighted by Gasteiger charge is -2.62. The largest absolute Gasteiger partial charge is 0.457 e. The Labute approximate surface area is 144 Å². The van der Waals surface area contributed by atoms with Gasteiger partial charge in [-0.25, -0.2) is 0 Å². The molecule has 0 radical (unpaired) electrons. The standard InChI is InChI=1S/C20H29NO3/c1-2-18(22)21-12-19(23)24-20(15-5-3-4-6-15)16-8-13-7-14(10-16)11-17(20)9-13/h2,13-17H,1,3-12H2,(H,21,22). The maximum atomic E-state index is 12.5. The summed E-state index contributed by atoms with van der Waals surface area (Å²) in [6, 6.07) is 0. The average molecular weight is 331 g/mol. The van der Waals surface area contributed by atoms with Gasteiger partial charge in [0.2, 0.25) is 5.91 Å². The fraction of sp³-hybridized carbons (Fsp3) is 0.800. The number of esters is 1. The Bertz CT molecular complexity index is 507. The molecule has 0 aromatic carbocycles. The summed E-state index contributed by atoms with van der Waals surface area (Å²) in [7, 11) is 0. The molecule has 132 valence electrons. The number of ether oxygens (including phenoxy) is 1. The van der Waals surface area contributed by atoms with Crippen molar-refractivity contribution in [3.8, 4) is 0 Å². The van der Waals surface area contributed by atoms with E-state index in [1.165, 1.54) is 63.9 Å². The molecule has 0 unspecified atom stereocenters. The van der Waals surface area contributed by atoms with Crippen molar-refractivity contribution < 1.29 is 14.3 Å². The third-order valence-corrected chi connectivity index (χ3v) is 7.29. The van der Waals surface area contributed by atoms with Gasteiger partial charge < -0.3 is 10.1 Å². The lowest BCUT2D eigenvalue weighted by Crippen LogP contribution is -2.63. The van der Waals surface area contributed by atoms with Crippen LogP contribution in [-0.2, 0) is 14.3 Å². The highest BCUT2D eigenvalue weighted by atomic mass is 16.6. The molecule has 0 saturated heterocycles. The zero-order chi connectivity index (χ0) is 16.7. The predicted octanol–water partition coefficient (Wildman–Crippen LogP) is 3.22. The van der Waals surface area contributed by atoms with Gasteiger partial charge in [0, 0.05) is 0 Å². The van der Waals surface area contributed by atoms with Gasteiger partial charge in [-0.05, 0) is 80.6 Å². The first-order valence-electron chi connectivity index (χ1n) is 9.74. The molecule has 5 aliphatic carbocycles. The molecule has 0 spiro atoms. The van der Waals surface area contributed by atoms with Gasteiger partial charge in [-0.2, -0.15) is 0 Å². The van der Waals surface area contributed by atoms with Crippen molar-refractivity contribution in [3.05, 3.63) is 12.7 Å². The summed E-state index contributed by atoms with van der Waals surface area (Å²) in [4.78, 5) is 23.9. The van der Waals surface area contributed by atoms with Gasteiger partial charge in [0.15, 0.2) is 0 Å². The van der Waals surface area contributed by atoms with Crippen LogP contribution in [-0.4, -0.2) is 24.0 Å². The van der Waals surface area contributed by atoms with Crippen LogP contribution >= 0.6 is 0 Å². The Kier molecular flexibility index (Phi) is 4.17. The summed E-state index contributed by atoms with van der Waals surface area (Å²) in [6.07, 6.45) is 12.5. The SMILES string of the molecule is C=CC(=O)NCC(=O)OC1(C2CCCC2)C2CC3CC(C2)CC1C3. The molecule has 1 N–H and O–H groups in total. The molecule has 4 nitrogen and oxygen atoms in total.